The lowest BCUT2D eigenvalue weighted by Gasteiger charge is -2.22. The highest BCUT2D eigenvalue weighted by Gasteiger charge is 2.26. The van der Waals surface area contributed by atoms with Crippen LogP contribution in [0.2, 0.25) is 0 Å². The molecule has 0 heterocycles. The van der Waals surface area contributed by atoms with Gasteiger partial charge in [-0.3, -0.25) is 4.21 Å². The minimum Gasteiger partial charge on any atom is -0.495 e. The summed E-state index contributed by atoms with van der Waals surface area (Å²) < 4.78 is 17.8. The van der Waals surface area contributed by atoms with Gasteiger partial charge in [0.2, 0.25) is 0 Å². The van der Waals surface area contributed by atoms with Crippen LogP contribution in [0.3, 0.4) is 0 Å². The van der Waals surface area contributed by atoms with E-state index in [0.29, 0.717) is 17.7 Å². The van der Waals surface area contributed by atoms with Gasteiger partial charge in [-0.25, -0.2) is 0 Å². The van der Waals surface area contributed by atoms with Gasteiger partial charge in [-0.05, 0) is 37.9 Å². The summed E-state index contributed by atoms with van der Waals surface area (Å²) in [5, 5.41) is 3.35. The van der Waals surface area contributed by atoms with Crippen LogP contribution >= 0.6 is 0 Å². The van der Waals surface area contributed by atoms with Crippen molar-refractivity contribution < 1.29 is 8.95 Å². The summed E-state index contributed by atoms with van der Waals surface area (Å²) in [6.07, 6.45) is 5.14. The van der Waals surface area contributed by atoms with Gasteiger partial charge in [-0.2, -0.15) is 0 Å². The summed E-state index contributed by atoms with van der Waals surface area (Å²) in [6, 6.07) is 7.94. The maximum atomic E-state index is 12.5. The predicted octanol–water partition coefficient (Wildman–Crippen LogP) is 2.58. The molecule has 0 bridgehead atoms. The number of para-hydroxylation sites is 1. The SMILES string of the molecule is CNC(CS(=O)c1ccccc1OC)C1CCCC1. The molecule has 1 saturated carbocycles. The highest BCUT2D eigenvalue weighted by atomic mass is 32.2. The number of rotatable bonds is 6. The van der Waals surface area contributed by atoms with Crippen molar-refractivity contribution in [3.8, 4) is 5.75 Å². The van der Waals surface area contributed by atoms with E-state index in [1.54, 1.807) is 7.11 Å². The Morgan fingerprint density at radius 1 is 1.37 bits per heavy atom. The van der Waals surface area contributed by atoms with Gasteiger partial charge in [0.15, 0.2) is 0 Å². The number of benzene rings is 1. The molecule has 2 rings (SSSR count). The van der Waals surface area contributed by atoms with Crippen LogP contribution in [-0.4, -0.2) is 30.2 Å². The second-order valence-electron chi connectivity index (χ2n) is 5.10. The van der Waals surface area contributed by atoms with Crippen LogP contribution in [0.5, 0.6) is 5.75 Å². The van der Waals surface area contributed by atoms with Crippen LogP contribution in [0.15, 0.2) is 29.2 Å². The van der Waals surface area contributed by atoms with Gasteiger partial charge in [0.1, 0.15) is 5.75 Å². The van der Waals surface area contributed by atoms with Crippen LogP contribution in [0.25, 0.3) is 0 Å². The van der Waals surface area contributed by atoms with Crippen LogP contribution in [0, 0.1) is 5.92 Å². The Kier molecular flexibility index (Phi) is 5.40. The van der Waals surface area contributed by atoms with Crippen LogP contribution in [0.4, 0.5) is 0 Å². The molecule has 0 spiro atoms. The van der Waals surface area contributed by atoms with Gasteiger partial charge in [-0.15, -0.1) is 0 Å². The van der Waals surface area contributed by atoms with E-state index in [9.17, 15) is 4.21 Å². The van der Waals surface area contributed by atoms with E-state index in [4.69, 9.17) is 4.74 Å². The number of hydrogen-bond donors (Lipinski definition) is 1. The Morgan fingerprint density at radius 3 is 2.68 bits per heavy atom. The third-order valence-electron chi connectivity index (χ3n) is 3.98. The first-order valence-electron chi connectivity index (χ1n) is 6.95. The first kappa shape index (κ1) is 14.5. The van der Waals surface area contributed by atoms with Crippen LogP contribution < -0.4 is 10.1 Å². The Balaban J connectivity index is 2.06. The largest absolute Gasteiger partial charge is 0.495 e. The second kappa shape index (κ2) is 7.06. The van der Waals surface area contributed by atoms with Crippen molar-refractivity contribution in [2.24, 2.45) is 5.92 Å². The maximum absolute atomic E-state index is 12.5. The van der Waals surface area contributed by atoms with Gasteiger partial charge >= 0.3 is 0 Å². The summed E-state index contributed by atoms with van der Waals surface area (Å²) in [4.78, 5) is 0.809. The zero-order chi connectivity index (χ0) is 13.7. The quantitative estimate of drug-likeness (QED) is 0.871. The van der Waals surface area contributed by atoms with Gasteiger partial charge < -0.3 is 10.1 Å². The number of nitrogens with one attached hydrogen (secondary N) is 1. The fourth-order valence-electron chi connectivity index (χ4n) is 2.87. The minimum atomic E-state index is -1.01. The zero-order valence-corrected chi connectivity index (χ0v) is 12.5. The van der Waals surface area contributed by atoms with Gasteiger partial charge in [0, 0.05) is 11.8 Å². The molecule has 0 aliphatic heterocycles. The Labute approximate surface area is 118 Å². The first-order chi connectivity index (χ1) is 9.26. The molecule has 0 radical (unpaired) electrons. The number of methoxy groups -OCH3 is 1. The Morgan fingerprint density at radius 2 is 2.05 bits per heavy atom. The third kappa shape index (κ3) is 3.57. The third-order valence-corrected chi connectivity index (χ3v) is 5.47. The van der Waals surface area contributed by atoms with Crippen molar-refractivity contribution in [2.75, 3.05) is 19.9 Å². The molecule has 1 aliphatic carbocycles. The minimum absolute atomic E-state index is 0.341. The predicted molar refractivity (Wildman–Crippen MR) is 79.1 cm³/mol. The van der Waals surface area contributed by atoms with Gasteiger partial charge in [0.25, 0.3) is 0 Å². The fourth-order valence-corrected chi connectivity index (χ4v) is 4.43. The molecule has 1 fully saturated rings. The van der Waals surface area contributed by atoms with Crippen molar-refractivity contribution in [3.63, 3.8) is 0 Å². The summed E-state index contributed by atoms with van der Waals surface area (Å²) in [7, 11) is 2.59. The van der Waals surface area contributed by atoms with Crippen molar-refractivity contribution in [2.45, 2.75) is 36.6 Å². The Hall–Kier alpha value is -0.870. The molecule has 3 nitrogen and oxygen atoms in total. The zero-order valence-electron chi connectivity index (χ0n) is 11.7. The molecule has 106 valence electrons. The lowest BCUT2D eigenvalue weighted by Crippen LogP contribution is -2.37. The van der Waals surface area contributed by atoms with E-state index in [1.807, 2.05) is 31.3 Å². The monoisotopic (exact) mass is 281 g/mol. The molecule has 0 saturated heterocycles. The second-order valence-corrected chi connectivity index (χ2v) is 6.57. The van der Waals surface area contributed by atoms with E-state index in [0.717, 1.165) is 10.6 Å². The van der Waals surface area contributed by atoms with Crippen LogP contribution in [0.1, 0.15) is 25.7 Å². The molecule has 1 aliphatic rings. The van der Waals surface area contributed by atoms with E-state index in [1.165, 1.54) is 25.7 Å². The highest BCUT2D eigenvalue weighted by Crippen LogP contribution is 2.29. The van der Waals surface area contributed by atoms with Crippen molar-refractivity contribution in [1.29, 1.82) is 0 Å². The summed E-state index contributed by atoms with van der Waals surface area (Å²) in [5.74, 6) is 2.06. The van der Waals surface area contributed by atoms with Crippen molar-refractivity contribution in [1.82, 2.24) is 5.32 Å². The Bertz CT molecular complexity index is 430. The molecule has 2 unspecified atom stereocenters. The lowest BCUT2D eigenvalue weighted by atomic mass is 10.0. The summed E-state index contributed by atoms with van der Waals surface area (Å²) >= 11 is 0. The smallest absolute Gasteiger partial charge is 0.134 e. The molecule has 1 aromatic rings. The average Bonchev–Trinajstić information content (AvgIpc) is 2.98. The van der Waals surface area contributed by atoms with Crippen molar-refractivity contribution >= 4 is 10.8 Å². The standard InChI is InChI=1S/C15H23NO2S/c1-16-13(12-7-3-4-8-12)11-19(17)15-10-6-5-9-14(15)18-2/h5-6,9-10,12-13,16H,3-4,7-8,11H2,1-2H3. The summed E-state index contributed by atoms with van der Waals surface area (Å²) in [5.41, 5.74) is 0. The first-order valence-corrected chi connectivity index (χ1v) is 8.26. The van der Waals surface area contributed by atoms with E-state index in [-0.39, 0.29) is 0 Å². The molecule has 2 atom stereocenters. The van der Waals surface area contributed by atoms with Crippen LogP contribution in [-0.2, 0) is 10.8 Å². The molecule has 0 aromatic heterocycles. The maximum Gasteiger partial charge on any atom is 0.134 e. The average molecular weight is 281 g/mol. The summed E-state index contributed by atoms with van der Waals surface area (Å²) in [6.45, 7) is 0. The number of hydrogen-bond acceptors (Lipinski definition) is 3. The molecular formula is C15H23NO2S. The normalized spacial score (nSPS) is 19.3. The van der Waals surface area contributed by atoms with E-state index < -0.39 is 10.8 Å². The molecule has 19 heavy (non-hydrogen) atoms. The van der Waals surface area contributed by atoms with E-state index in [2.05, 4.69) is 5.32 Å². The van der Waals surface area contributed by atoms with Gasteiger partial charge in [-0.1, -0.05) is 25.0 Å². The molecule has 1 N–H and O–H groups in total. The highest BCUT2D eigenvalue weighted by molar-refractivity contribution is 7.85. The van der Waals surface area contributed by atoms with Crippen molar-refractivity contribution in [3.05, 3.63) is 24.3 Å². The van der Waals surface area contributed by atoms with Gasteiger partial charge in [0.05, 0.1) is 22.8 Å². The molecular weight excluding hydrogens is 258 g/mol. The fraction of sp³-hybridized carbons (Fsp3) is 0.600. The van der Waals surface area contributed by atoms with E-state index >= 15 is 0 Å². The molecule has 1 aromatic carbocycles. The number of ether oxygens (including phenoxy) is 1. The molecule has 4 heteroatoms. The molecule has 0 amide bonds. The topological polar surface area (TPSA) is 38.3 Å². The lowest BCUT2D eigenvalue weighted by molar-refractivity contribution is 0.400.